The van der Waals surface area contributed by atoms with E-state index in [0.717, 1.165) is 32.4 Å². The summed E-state index contributed by atoms with van der Waals surface area (Å²) in [6, 6.07) is 10.2. The molecule has 18 heavy (non-hydrogen) atoms. The van der Waals surface area contributed by atoms with Crippen LogP contribution in [0.3, 0.4) is 0 Å². The summed E-state index contributed by atoms with van der Waals surface area (Å²) in [4.78, 5) is 13.0. The Labute approximate surface area is 108 Å². The average Bonchev–Trinajstić information content (AvgIpc) is 2.40. The molecule has 1 aromatic rings. The maximum Gasteiger partial charge on any atom is 0.320 e. The molecule has 1 heterocycles. The lowest BCUT2D eigenvalue weighted by Crippen LogP contribution is -2.44. The topological polar surface area (TPSA) is 40.5 Å². The van der Waals surface area contributed by atoms with Gasteiger partial charge in [0.25, 0.3) is 0 Å². The maximum atomic E-state index is 10.9. The molecule has 1 saturated heterocycles. The molecule has 0 unspecified atom stereocenters. The molecular formula is C15H21NO2. The molecule has 0 saturated carbocycles. The van der Waals surface area contributed by atoms with Gasteiger partial charge in [0.1, 0.15) is 6.04 Å². The van der Waals surface area contributed by atoms with Crippen LogP contribution >= 0.6 is 0 Å². The highest BCUT2D eigenvalue weighted by Gasteiger charge is 2.26. The number of hydrogen-bond donors (Lipinski definition) is 1. The van der Waals surface area contributed by atoms with Gasteiger partial charge in [0.15, 0.2) is 0 Å². The molecule has 0 bridgehead atoms. The van der Waals surface area contributed by atoms with E-state index in [1.165, 1.54) is 5.56 Å². The first-order chi connectivity index (χ1) is 8.66. The fourth-order valence-electron chi connectivity index (χ4n) is 2.65. The number of aliphatic carboxylic acids is 1. The highest BCUT2D eigenvalue weighted by Crippen LogP contribution is 2.22. The van der Waals surface area contributed by atoms with E-state index in [9.17, 15) is 4.79 Å². The predicted octanol–water partition coefficient (Wildman–Crippen LogP) is 2.41. The zero-order valence-electron chi connectivity index (χ0n) is 10.9. The van der Waals surface area contributed by atoms with Gasteiger partial charge in [0, 0.05) is 0 Å². The lowest BCUT2D eigenvalue weighted by molar-refractivity contribution is -0.143. The van der Waals surface area contributed by atoms with Crippen LogP contribution < -0.4 is 0 Å². The molecule has 0 aliphatic carbocycles. The summed E-state index contributed by atoms with van der Waals surface area (Å²) in [6.45, 7) is 3.59. The second kappa shape index (κ2) is 6.01. The molecule has 3 heteroatoms. The number of nitrogens with zero attached hydrogens (tertiary/aromatic N) is 1. The fraction of sp³-hybridized carbons (Fsp3) is 0.533. The molecule has 0 radical (unpaired) electrons. The molecule has 0 amide bonds. The van der Waals surface area contributed by atoms with Gasteiger partial charge < -0.3 is 5.11 Å². The number of hydrogen-bond acceptors (Lipinski definition) is 2. The van der Waals surface area contributed by atoms with Crippen LogP contribution in [0.4, 0.5) is 0 Å². The Morgan fingerprint density at radius 2 is 1.94 bits per heavy atom. The van der Waals surface area contributed by atoms with Crippen molar-refractivity contribution in [3.05, 3.63) is 35.9 Å². The van der Waals surface area contributed by atoms with Crippen LogP contribution in [0.2, 0.25) is 0 Å². The van der Waals surface area contributed by atoms with Gasteiger partial charge in [-0.15, -0.1) is 0 Å². The van der Waals surface area contributed by atoms with E-state index in [-0.39, 0.29) is 6.04 Å². The van der Waals surface area contributed by atoms with Crippen molar-refractivity contribution in [2.24, 2.45) is 5.92 Å². The Morgan fingerprint density at radius 1 is 1.33 bits per heavy atom. The number of carboxylic acids is 1. The summed E-state index contributed by atoms with van der Waals surface area (Å²) >= 11 is 0. The van der Waals surface area contributed by atoms with Crippen LogP contribution in [0.15, 0.2) is 30.3 Å². The molecule has 1 aromatic carbocycles. The van der Waals surface area contributed by atoms with Gasteiger partial charge in [-0.3, -0.25) is 9.69 Å². The van der Waals surface area contributed by atoms with Crippen molar-refractivity contribution in [3.8, 4) is 0 Å². The van der Waals surface area contributed by atoms with Crippen molar-refractivity contribution < 1.29 is 9.90 Å². The molecular weight excluding hydrogens is 226 g/mol. The van der Waals surface area contributed by atoms with Gasteiger partial charge in [0.05, 0.1) is 0 Å². The van der Waals surface area contributed by atoms with E-state index in [1.54, 1.807) is 6.92 Å². The van der Waals surface area contributed by atoms with Crippen molar-refractivity contribution in [1.29, 1.82) is 0 Å². The van der Waals surface area contributed by atoms with E-state index in [0.29, 0.717) is 5.92 Å². The quantitative estimate of drug-likeness (QED) is 0.888. The van der Waals surface area contributed by atoms with E-state index in [4.69, 9.17) is 5.11 Å². The van der Waals surface area contributed by atoms with Crippen LogP contribution in [0.5, 0.6) is 0 Å². The zero-order valence-corrected chi connectivity index (χ0v) is 10.9. The normalized spacial score (nSPS) is 19.6. The number of rotatable bonds is 4. The second-order valence-corrected chi connectivity index (χ2v) is 5.18. The molecule has 1 aliphatic heterocycles. The Bertz CT molecular complexity index is 383. The number of benzene rings is 1. The van der Waals surface area contributed by atoms with Crippen LogP contribution in [-0.4, -0.2) is 35.1 Å². The summed E-state index contributed by atoms with van der Waals surface area (Å²) in [5.41, 5.74) is 1.39. The van der Waals surface area contributed by atoms with Gasteiger partial charge in [0.2, 0.25) is 0 Å². The third-order valence-corrected chi connectivity index (χ3v) is 3.92. The maximum absolute atomic E-state index is 10.9. The van der Waals surface area contributed by atoms with Crippen LogP contribution in [-0.2, 0) is 11.2 Å². The standard InChI is InChI=1S/C15H21NO2/c1-12(15(17)18)16-9-7-14(8-10-16)11-13-5-3-2-4-6-13/h2-6,12,14H,7-11H2,1H3,(H,17,18)/t12-/m1/s1. The Kier molecular flexibility index (Phi) is 4.37. The highest BCUT2D eigenvalue weighted by atomic mass is 16.4. The first-order valence-electron chi connectivity index (χ1n) is 6.67. The van der Waals surface area contributed by atoms with Gasteiger partial charge in [-0.05, 0) is 50.8 Å². The van der Waals surface area contributed by atoms with Crippen molar-refractivity contribution in [3.63, 3.8) is 0 Å². The summed E-state index contributed by atoms with van der Waals surface area (Å²) in [5, 5.41) is 8.99. The molecule has 1 atom stereocenters. The van der Waals surface area contributed by atoms with Crippen LogP contribution in [0.25, 0.3) is 0 Å². The molecule has 0 aromatic heterocycles. The number of likely N-dealkylation sites (tertiary alicyclic amines) is 1. The van der Waals surface area contributed by atoms with Crippen molar-refractivity contribution in [1.82, 2.24) is 4.90 Å². The van der Waals surface area contributed by atoms with Gasteiger partial charge >= 0.3 is 5.97 Å². The SMILES string of the molecule is C[C@H](C(=O)O)N1CCC(Cc2ccccc2)CC1. The minimum Gasteiger partial charge on any atom is -0.480 e. The molecule has 3 nitrogen and oxygen atoms in total. The summed E-state index contributed by atoms with van der Waals surface area (Å²) in [6.07, 6.45) is 3.33. The van der Waals surface area contributed by atoms with Crippen LogP contribution in [0.1, 0.15) is 25.3 Å². The largest absolute Gasteiger partial charge is 0.480 e. The minimum atomic E-state index is -0.712. The van der Waals surface area contributed by atoms with E-state index in [2.05, 4.69) is 29.2 Å². The average molecular weight is 247 g/mol. The summed E-state index contributed by atoms with van der Waals surface area (Å²) in [7, 11) is 0. The lowest BCUT2D eigenvalue weighted by atomic mass is 9.90. The highest BCUT2D eigenvalue weighted by molar-refractivity contribution is 5.72. The predicted molar refractivity (Wildman–Crippen MR) is 71.5 cm³/mol. The van der Waals surface area contributed by atoms with Gasteiger partial charge in [-0.1, -0.05) is 30.3 Å². The molecule has 0 spiro atoms. The molecule has 1 fully saturated rings. The first-order valence-corrected chi connectivity index (χ1v) is 6.67. The van der Waals surface area contributed by atoms with E-state index < -0.39 is 5.97 Å². The molecule has 98 valence electrons. The summed E-state index contributed by atoms with van der Waals surface area (Å²) in [5.74, 6) is -0.0128. The number of carboxylic acid groups (broad SMARTS) is 1. The number of carbonyl (C=O) groups is 1. The molecule has 1 aliphatic rings. The fourth-order valence-corrected chi connectivity index (χ4v) is 2.65. The smallest absolute Gasteiger partial charge is 0.320 e. The Hall–Kier alpha value is -1.35. The monoisotopic (exact) mass is 247 g/mol. The van der Waals surface area contributed by atoms with Crippen molar-refractivity contribution in [2.45, 2.75) is 32.2 Å². The Morgan fingerprint density at radius 3 is 2.50 bits per heavy atom. The number of piperidine rings is 1. The first kappa shape index (κ1) is 13.1. The van der Waals surface area contributed by atoms with Gasteiger partial charge in [-0.25, -0.2) is 0 Å². The van der Waals surface area contributed by atoms with Crippen LogP contribution in [0, 0.1) is 5.92 Å². The summed E-state index contributed by atoms with van der Waals surface area (Å²) < 4.78 is 0. The van der Waals surface area contributed by atoms with E-state index in [1.807, 2.05) is 6.07 Å². The van der Waals surface area contributed by atoms with E-state index >= 15 is 0 Å². The van der Waals surface area contributed by atoms with Gasteiger partial charge in [-0.2, -0.15) is 0 Å². The third-order valence-electron chi connectivity index (χ3n) is 3.92. The lowest BCUT2D eigenvalue weighted by Gasteiger charge is -2.34. The van der Waals surface area contributed by atoms with Crippen molar-refractivity contribution >= 4 is 5.97 Å². The zero-order chi connectivity index (χ0) is 13.0. The molecule has 1 N–H and O–H groups in total. The van der Waals surface area contributed by atoms with Crippen molar-refractivity contribution in [2.75, 3.05) is 13.1 Å². The Balaban J connectivity index is 1.82. The minimum absolute atomic E-state index is 0.345. The molecule has 2 rings (SSSR count). The second-order valence-electron chi connectivity index (χ2n) is 5.18. The third kappa shape index (κ3) is 3.33.